The molecule has 3 heterocycles. The molecular weight excluding hydrogens is 468 g/mol. The highest BCUT2D eigenvalue weighted by Gasteiger charge is 2.42. The number of pyridine rings is 1. The van der Waals surface area contributed by atoms with Crippen LogP contribution in [0.15, 0.2) is 30.5 Å². The molecule has 3 aliphatic rings. The Morgan fingerprint density at radius 1 is 1.11 bits per heavy atom. The molecule has 1 aromatic carbocycles. The van der Waals surface area contributed by atoms with Gasteiger partial charge in [0, 0.05) is 41.4 Å². The average molecular weight is 505 g/mol. The molecule has 2 aliphatic heterocycles. The van der Waals surface area contributed by atoms with Gasteiger partial charge in [-0.1, -0.05) is 6.92 Å². The number of aryl methyl sites for hydroxylation is 1. The number of ketones is 1. The van der Waals surface area contributed by atoms with E-state index >= 15 is 0 Å². The van der Waals surface area contributed by atoms with E-state index in [1.807, 2.05) is 32.9 Å². The van der Waals surface area contributed by atoms with E-state index in [-0.39, 0.29) is 35.3 Å². The average Bonchev–Trinajstić information content (AvgIpc) is 3.69. The summed E-state index contributed by atoms with van der Waals surface area (Å²) in [5, 5.41) is 3.23. The van der Waals surface area contributed by atoms with Crippen molar-refractivity contribution >= 4 is 23.4 Å². The van der Waals surface area contributed by atoms with Crippen LogP contribution in [-0.4, -0.2) is 46.8 Å². The van der Waals surface area contributed by atoms with Gasteiger partial charge in [0.2, 0.25) is 0 Å². The normalized spacial score (nSPS) is 23.4. The van der Waals surface area contributed by atoms with E-state index in [1.165, 1.54) is 0 Å². The predicted molar refractivity (Wildman–Crippen MR) is 141 cm³/mol. The number of aromatic nitrogens is 1. The van der Waals surface area contributed by atoms with Crippen LogP contribution in [0, 0.1) is 12.8 Å². The number of fused-ring (bicyclic) bond motifs is 2. The van der Waals surface area contributed by atoms with E-state index in [0.717, 1.165) is 50.8 Å². The number of carbonyl (C=O) groups excluding carboxylic acids is 3. The molecule has 5 rings (SSSR count). The number of nitrogens with two attached hydrogens (primary N) is 1. The molecule has 1 saturated carbocycles. The van der Waals surface area contributed by atoms with Crippen molar-refractivity contribution in [2.45, 2.75) is 89.9 Å². The van der Waals surface area contributed by atoms with Crippen LogP contribution < -0.4 is 20.7 Å². The number of hydrogen-bond acceptors (Lipinski definition) is 6. The molecule has 3 fully saturated rings. The van der Waals surface area contributed by atoms with Crippen LogP contribution in [0.5, 0.6) is 5.75 Å². The third kappa shape index (κ3) is 5.20. The van der Waals surface area contributed by atoms with Crippen LogP contribution in [0.4, 0.5) is 5.82 Å². The molecule has 2 aromatic rings. The Morgan fingerprint density at radius 3 is 2.38 bits per heavy atom. The van der Waals surface area contributed by atoms with E-state index in [9.17, 15) is 14.4 Å². The fourth-order valence-corrected chi connectivity index (χ4v) is 5.72. The molecule has 0 spiro atoms. The number of rotatable bonds is 9. The zero-order valence-corrected chi connectivity index (χ0v) is 21.8. The molecule has 2 bridgehead atoms. The van der Waals surface area contributed by atoms with E-state index in [4.69, 9.17) is 10.5 Å². The van der Waals surface area contributed by atoms with Gasteiger partial charge in [0.1, 0.15) is 11.6 Å². The van der Waals surface area contributed by atoms with Gasteiger partial charge in [-0.25, -0.2) is 4.98 Å². The van der Waals surface area contributed by atoms with E-state index in [0.29, 0.717) is 34.5 Å². The number of hydrogen-bond donors (Lipinski definition) is 2. The Bertz CT molecular complexity index is 1190. The number of piperidine rings is 1. The summed E-state index contributed by atoms with van der Waals surface area (Å²) < 4.78 is 5.92. The molecule has 37 heavy (non-hydrogen) atoms. The highest BCUT2D eigenvalue weighted by Crippen LogP contribution is 2.39. The smallest absolute Gasteiger partial charge is 0.252 e. The lowest BCUT2D eigenvalue weighted by Crippen LogP contribution is -2.50. The molecule has 1 aromatic heterocycles. The van der Waals surface area contributed by atoms with E-state index < -0.39 is 5.91 Å². The number of carbonyl (C=O) groups is 3. The fraction of sp³-hybridized carbons (Fsp3) is 0.517. The summed E-state index contributed by atoms with van der Waals surface area (Å²) >= 11 is 0. The Labute approximate surface area is 218 Å². The molecular formula is C29H36N4O4. The molecule has 3 atom stereocenters. The summed E-state index contributed by atoms with van der Waals surface area (Å²) in [6.45, 7) is 5.72. The van der Waals surface area contributed by atoms with Gasteiger partial charge < -0.3 is 20.7 Å². The Morgan fingerprint density at radius 2 is 1.81 bits per heavy atom. The molecule has 8 heteroatoms. The first-order chi connectivity index (χ1) is 17.7. The zero-order valence-electron chi connectivity index (χ0n) is 21.8. The summed E-state index contributed by atoms with van der Waals surface area (Å²) in [7, 11) is 0. The maximum atomic E-state index is 13.3. The van der Waals surface area contributed by atoms with Crippen molar-refractivity contribution < 1.29 is 19.1 Å². The van der Waals surface area contributed by atoms with Gasteiger partial charge in [-0.05, 0) is 88.6 Å². The highest BCUT2D eigenvalue weighted by molar-refractivity contribution is 6.01. The van der Waals surface area contributed by atoms with Gasteiger partial charge >= 0.3 is 0 Å². The Kier molecular flexibility index (Phi) is 6.92. The fourth-order valence-electron chi connectivity index (χ4n) is 5.72. The highest BCUT2D eigenvalue weighted by atomic mass is 16.5. The van der Waals surface area contributed by atoms with E-state index in [2.05, 4.69) is 15.2 Å². The van der Waals surface area contributed by atoms with Gasteiger partial charge in [0.05, 0.1) is 11.7 Å². The van der Waals surface area contributed by atoms with Crippen LogP contribution in [0.1, 0.15) is 95.4 Å². The number of anilines is 1. The van der Waals surface area contributed by atoms with Crippen molar-refractivity contribution in [3.63, 3.8) is 0 Å². The van der Waals surface area contributed by atoms with Gasteiger partial charge in [-0.2, -0.15) is 0 Å². The van der Waals surface area contributed by atoms with Crippen molar-refractivity contribution in [2.24, 2.45) is 11.7 Å². The number of nitrogens with one attached hydrogen (secondary N) is 1. The summed E-state index contributed by atoms with van der Waals surface area (Å²) in [5.74, 6) is 0.922. The Hall–Kier alpha value is -3.42. The summed E-state index contributed by atoms with van der Waals surface area (Å²) in [5.41, 5.74) is 7.75. The quantitative estimate of drug-likeness (QED) is 0.495. The first-order valence-corrected chi connectivity index (χ1v) is 13.5. The van der Waals surface area contributed by atoms with Crippen LogP contribution in [0.25, 0.3) is 0 Å². The number of amides is 2. The zero-order chi connectivity index (χ0) is 26.3. The lowest BCUT2D eigenvalue weighted by molar-refractivity contribution is 0.0921. The van der Waals surface area contributed by atoms with Crippen LogP contribution in [0.2, 0.25) is 0 Å². The molecule has 3 N–H and O–H groups in total. The van der Waals surface area contributed by atoms with Gasteiger partial charge in [0.25, 0.3) is 11.8 Å². The molecule has 2 amide bonds. The lowest BCUT2D eigenvalue weighted by atomic mass is 9.96. The van der Waals surface area contributed by atoms with Crippen LogP contribution in [-0.2, 0) is 0 Å². The maximum Gasteiger partial charge on any atom is 0.252 e. The maximum absolute atomic E-state index is 13.3. The number of nitrogens with zero attached hydrogens (tertiary/aromatic N) is 2. The minimum Gasteiger partial charge on any atom is -0.490 e. The third-order valence-electron chi connectivity index (χ3n) is 8.05. The largest absolute Gasteiger partial charge is 0.490 e. The topological polar surface area (TPSA) is 115 Å². The number of Topliss-reactive ketones (excluding diaryl/α,β-unsaturated/α-hetero) is 1. The minimum absolute atomic E-state index is 0.0473. The Balaban J connectivity index is 1.27. The standard InChI is InChI=1S/C29H36N4O4/c1-4-17(3)37-25-14-23(16(2)11-24(25)28(30)35)29(36)32-20-12-21-8-9-22(13-20)33(21)26-10-7-19(15-31-26)27(34)18-5-6-18/h7,10-11,14-15,17-18,20-22H,4-6,8-9,12-13H2,1-3H3,(H2,30,35)(H,32,36). The summed E-state index contributed by atoms with van der Waals surface area (Å²) in [6, 6.07) is 7.81. The number of ether oxygens (including phenoxy) is 1. The molecule has 196 valence electrons. The van der Waals surface area contributed by atoms with Crippen molar-refractivity contribution in [3.8, 4) is 5.75 Å². The van der Waals surface area contributed by atoms with E-state index in [1.54, 1.807) is 18.3 Å². The second-order valence-electron chi connectivity index (χ2n) is 10.8. The van der Waals surface area contributed by atoms with Gasteiger partial charge in [0.15, 0.2) is 5.78 Å². The predicted octanol–water partition coefficient (Wildman–Crippen LogP) is 4.19. The van der Waals surface area contributed by atoms with Crippen LogP contribution >= 0.6 is 0 Å². The molecule has 2 saturated heterocycles. The lowest BCUT2D eigenvalue weighted by Gasteiger charge is -2.40. The molecule has 8 nitrogen and oxygen atoms in total. The van der Waals surface area contributed by atoms with Crippen molar-refractivity contribution in [1.82, 2.24) is 10.3 Å². The van der Waals surface area contributed by atoms with Gasteiger partial charge in [-0.3, -0.25) is 14.4 Å². The first-order valence-electron chi connectivity index (χ1n) is 13.5. The van der Waals surface area contributed by atoms with Crippen LogP contribution in [0.3, 0.4) is 0 Å². The number of primary amides is 1. The summed E-state index contributed by atoms with van der Waals surface area (Å²) in [4.78, 5) is 44.7. The van der Waals surface area contributed by atoms with Crippen molar-refractivity contribution in [1.29, 1.82) is 0 Å². The molecule has 3 unspecified atom stereocenters. The molecule has 0 radical (unpaired) electrons. The summed E-state index contributed by atoms with van der Waals surface area (Å²) in [6.07, 6.45) is 8.15. The SMILES string of the molecule is CCC(C)Oc1cc(C(=O)NC2CC3CCC(C2)N3c2ccc(C(=O)C3CC3)cn2)c(C)cc1C(N)=O. The third-order valence-corrected chi connectivity index (χ3v) is 8.05. The van der Waals surface area contributed by atoms with Crippen molar-refractivity contribution in [3.05, 3.63) is 52.7 Å². The number of benzene rings is 1. The first kappa shape index (κ1) is 25.2. The van der Waals surface area contributed by atoms with Crippen molar-refractivity contribution in [2.75, 3.05) is 4.90 Å². The second kappa shape index (κ2) is 10.1. The van der Waals surface area contributed by atoms with Gasteiger partial charge in [-0.15, -0.1) is 0 Å². The monoisotopic (exact) mass is 504 g/mol. The molecule has 1 aliphatic carbocycles. The minimum atomic E-state index is -0.573. The second-order valence-corrected chi connectivity index (χ2v) is 10.8.